The number of benzene rings is 1. The molecule has 0 aliphatic rings. The Labute approximate surface area is 239 Å². The Hall–Kier alpha value is -3.54. The third-order valence-electron chi connectivity index (χ3n) is 6.28. The molecule has 1 rings (SSSR count). The molecule has 0 bridgehead atoms. The summed E-state index contributed by atoms with van der Waals surface area (Å²) in [6, 6.07) is 4.85. The Kier molecular flexibility index (Phi) is 13.2. The van der Waals surface area contributed by atoms with Gasteiger partial charge in [0.2, 0.25) is 11.8 Å². The fourth-order valence-electron chi connectivity index (χ4n) is 4.05. The molecular formula is C31H47N3O6. The van der Waals surface area contributed by atoms with Crippen LogP contribution in [0.3, 0.4) is 0 Å². The van der Waals surface area contributed by atoms with E-state index < -0.39 is 47.1 Å². The minimum absolute atomic E-state index is 0.0103. The minimum atomic E-state index is -1.06. The second kappa shape index (κ2) is 15.3. The fourth-order valence-corrected chi connectivity index (χ4v) is 4.05. The summed E-state index contributed by atoms with van der Waals surface area (Å²) >= 11 is 0. The zero-order valence-corrected chi connectivity index (χ0v) is 25.6. The maximum Gasteiger partial charge on any atom is 0.408 e. The van der Waals surface area contributed by atoms with Crippen LogP contribution in [0.15, 0.2) is 24.3 Å². The second-order valence-electron chi connectivity index (χ2n) is 11.7. The molecule has 1 aromatic carbocycles. The molecule has 1 aromatic rings. The average Bonchev–Trinajstić information content (AvgIpc) is 2.85. The van der Waals surface area contributed by atoms with Crippen LogP contribution < -0.4 is 10.6 Å². The molecule has 9 nitrogen and oxygen atoms in total. The molecule has 9 heteroatoms. The third-order valence-corrected chi connectivity index (χ3v) is 6.28. The van der Waals surface area contributed by atoms with Gasteiger partial charge in [0.05, 0.1) is 13.0 Å². The molecule has 0 saturated heterocycles. The molecule has 0 radical (unpaired) electrons. The van der Waals surface area contributed by atoms with Gasteiger partial charge >= 0.3 is 12.1 Å². The summed E-state index contributed by atoms with van der Waals surface area (Å²) in [5, 5.41) is 5.54. The number of esters is 1. The van der Waals surface area contributed by atoms with Gasteiger partial charge < -0.3 is 25.0 Å². The Bertz CT molecular complexity index is 1050. The molecule has 222 valence electrons. The van der Waals surface area contributed by atoms with Crippen molar-refractivity contribution in [3.8, 4) is 12.3 Å². The molecule has 0 spiro atoms. The maximum absolute atomic E-state index is 14.4. The van der Waals surface area contributed by atoms with Crippen LogP contribution in [0.2, 0.25) is 0 Å². The lowest BCUT2D eigenvalue weighted by Gasteiger charge is -2.44. The number of hydrogen-bond acceptors (Lipinski definition) is 6. The molecule has 2 unspecified atom stereocenters. The summed E-state index contributed by atoms with van der Waals surface area (Å²) in [4.78, 5) is 54.3. The van der Waals surface area contributed by atoms with E-state index in [1.165, 1.54) is 4.90 Å². The minimum Gasteiger partial charge on any atom is -0.466 e. The van der Waals surface area contributed by atoms with Gasteiger partial charge in [-0.2, -0.15) is 0 Å². The van der Waals surface area contributed by atoms with E-state index in [4.69, 9.17) is 15.9 Å². The van der Waals surface area contributed by atoms with Crippen LogP contribution in [-0.2, 0) is 23.9 Å². The first-order chi connectivity index (χ1) is 18.6. The summed E-state index contributed by atoms with van der Waals surface area (Å²) in [5.74, 6) is 1.30. The predicted molar refractivity (Wildman–Crippen MR) is 155 cm³/mol. The molecule has 0 aliphatic heterocycles. The summed E-state index contributed by atoms with van der Waals surface area (Å²) in [7, 11) is 0. The molecule has 2 N–H and O–H groups in total. The third kappa shape index (κ3) is 10.9. The molecule has 0 heterocycles. The number of amides is 3. The highest BCUT2D eigenvalue weighted by Crippen LogP contribution is 2.33. The van der Waals surface area contributed by atoms with Crippen LogP contribution in [0.5, 0.6) is 0 Å². The number of carbonyl (C=O) groups is 4. The van der Waals surface area contributed by atoms with Crippen molar-refractivity contribution < 1.29 is 28.7 Å². The van der Waals surface area contributed by atoms with Gasteiger partial charge in [0.1, 0.15) is 17.7 Å². The monoisotopic (exact) mass is 557 g/mol. The van der Waals surface area contributed by atoms with E-state index in [-0.39, 0.29) is 25.5 Å². The van der Waals surface area contributed by atoms with Gasteiger partial charge in [-0.1, -0.05) is 38.8 Å². The van der Waals surface area contributed by atoms with Gasteiger partial charge in [0.25, 0.3) is 0 Å². The van der Waals surface area contributed by atoms with Crippen molar-refractivity contribution in [2.24, 2.45) is 5.92 Å². The lowest BCUT2D eigenvalue weighted by molar-refractivity contribution is -0.150. The average molecular weight is 558 g/mol. The Morgan fingerprint density at radius 1 is 1.02 bits per heavy atom. The number of nitrogens with zero attached hydrogens (tertiary/aromatic N) is 1. The SMILES string of the molecule is C#Cc1ccc(C(C(=O)NCCC(=O)OCC)N(C(=O)C(CC(C)C)NC(=O)OC(C)(C)C)C(C)(C)CC)cc1. The zero-order valence-electron chi connectivity index (χ0n) is 25.6. The molecule has 0 aliphatic carbocycles. The molecule has 0 aromatic heterocycles. The van der Waals surface area contributed by atoms with Gasteiger partial charge in [-0.05, 0) is 78.0 Å². The molecule has 2 atom stereocenters. The summed E-state index contributed by atoms with van der Waals surface area (Å²) in [6.07, 6.45) is 5.67. The molecule has 0 fully saturated rings. The van der Waals surface area contributed by atoms with Crippen molar-refractivity contribution in [2.75, 3.05) is 13.2 Å². The van der Waals surface area contributed by atoms with Crippen LogP contribution in [0.4, 0.5) is 4.79 Å². The van der Waals surface area contributed by atoms with Crippen molar-refractivity contribution in [3.63, 3.8) is 0 Å². The molecule has 3 amide bonds. The van der Waals surface area contributed by atoms with Gasteiger partial charge in [0.15, 0.2) is 0 Å². The Morgan fingerprint density at radius 3 is 2.10 bits per heavy atom. The van der Waals surface area contributed by atoms with E-state index in [1.807, 2.05) is 34.6 Å². The van der Waals surface area contributed by atoms with Crippen molar-refractivity contribution >= 4 is 23.9 Å². The molecular weight excluding hydrogens is 510 g/mol. The van der Waals surface area contributed by atoms with Crippen molar-refractivity contribution in [2.45, 2.75) is 105 Å². The standard InChI is InChI=1S/C31H47N3O6/c1-11-22-14-16-23(17-15-22)26(27(36)32-19-18-25(35)39-13-3)34(31(9,10)12-2)28(37)24(20-21(4)5)33-29(38)40-30(6,7)8/h1,14-17,21,24,26H,12-13,18-20H2,2-10H3,(H,32,36)(H,33,38). The van der Waals surface area contributed by atoms with Crippen molar-refractivity contribution in [3.05, 3.63) is 35.4 Å². The van der Waals surface area contributed by atoms with Crippen LogP contribution in [0.25, 0.3) is 0 Å². The van der Waals surface area contributed by atoms with E-state index >= 15 is 0 Å². The number of nitrogens with one attached hydrogen (secondary N) is 2. The number of terminal acetylenes is 1. The Morgan fingerprint density at radius 2 is 1.62 bits per heavy atom. The fraction of sp³-hybridized carbons (Fsp3) is 0.613. The largest absolute Gasteiger partial charge is 0.466 e. The first kappa shape index (κ1) is 34.5. The maximum atomic E-state index is 14.4. The Balaban J connectivity index is 3.59. The second-order valence-corrected chi connectivity index (χ2v) is 11.7. The number of alkyl carbamates (subject to hydrolysis) is 1. The first-order valence-electron chi connectivity index (χ1n) is 13.9. The van der Waals surface area contributed by atoms with Gasteiger partial charge in [0, 0.05) is 17.6 Å². The lowest BCUT2D eigenvalue weighted by Crippen LogP contribution is -2.59. The number of ether oxygens (including phenoxy) is 2. The summed E-state index contributed by atoms with van der Waals surface area (Å²) in [6.45, 7) is 16.8. The van der Waals surface area contributed by atoms with Gasteiger partial charge in [-0.25, -0.2) is 4.79 Å². The van der Waals surface area contributed by atoms with Crippen LogP contribution in [0, 0.1) is 18.3 Å². The first-order valence-corrected chi connectivity index (χ1v) is 13.9. The van der Waals surface area contributed by atoms with Crippen molar-refractivity contribution in [1.29, 1.82) is 0 Å². The quantitative estimate of drug-likeness (QED) is 0.268. The van der Waals surface area contributed by atoms with Crippen LogP contribution >= 0.6 is 0 Å². The van der Waals surface area contributed by atoms with E-state index in [9.17, 15) is 19.2 Å². The highest BCUT2D eigenvalue weighted by molar-refractivity contribution is 5.92. The van der Waals surface area contributed by atoms with Crippen molar-refractivity contribution in [1.82, 2.24) is 15.5 Å². The zero-order chi connectivity index (χ0) is 30.7. The van der Waals surface area contributed by atoms with E-state index in [0.29, 0.717) is 24.0 Å². The predicted octanol–water partition coefficient (Wildman–Crippen LogP) is 4.74. The topological polar surface area (TPSA) is 114 Å². The van der Waals surface area contributed by atoms with E-state index in [2.05, 4.69) is 16.6 Å². The molecule has 0 saturated carbocycles. The summed E-state index contributed by atoms with van der Waals surface area (Å²) < 4.78 is 10.4. The highest BCUT2D eigenvalue weighted by Gasteiger charge is 2.43. The summed E-state index contributed by atoms with van der Waals surface area (Å²) in [5.41, 5.74) is -0.376. The van der Waals surface area contributed by atoms with Crippen LogP contribution in [-0.4, -0.2) is 59.1 Å². The van der Waals surface area contributed by atoms with E-state index in [1.54, 1.807) is 52.0 Å². The highest BCUT2D eigenvalue weighted by atomic mass is 16.6. The van der Waals surface area contributed by atoms with Gasteiger partial charge in [-0.15, -0.1) is 6.42 Å². The number of rotatable bonds is 13. The number of carbonyl (C=O) groups excluding carboxylic acids is 4. The lowest BCUT2D eigenvalue weighted by atomic mass is 9.90. The van der Waals surface area contributed by atoms with E-state index in [0.717, 1.165) is 0 Å². The van der Waals surface area contributed by atoms with Gasteiger partial charge in [-0.3, -0.25) is 14.4 Å². The van der Waals surface area contributed by atoms with Crippen LogP contribution in [0.1, 0.15) is 98.7 Å². The molecule has 40 heavy (non-hydrogen) atoms. The normalized spacial score (nSPS) is 13.0. The number of hydrogen-bond donors (Lipinski definition) is 2. The smallest absolute Gasteiger partial charge is 0.408 e.